The normalized spacial score (nSPS) is 10.7. The van der Waals surface area contributed by atoms with Crippen LogP contribution in [0.4, 0.5) is 0 Å². The van der Waals surface area contributed by atoms with Crippen molar-refractivity contribution in [1.29, 1.82) is 0 Å². The number of unbranched alkanes of at least 4 members (excludes halogenated alkanes) is 1. The fourth-order valence-corrected chi connectivity index (χ4v) is 1.88. The Labute approximate surface area is 118 Å². The van der Waals surface area contributed by atoms with E-state index in [1.807, 2.05) is 6.92 Å². The van der Waals surface area contributed by atoms with Crippen LogP contribution in [0.15, 0.2) is 34.8 Å². The number of carbonyl (C=O) groups excluding carboxylic acids is 1. The number of benzene rings is 1. The number of nitrogens with zero attached hydrogens (tertiary/aromatic N) is 1. The Kier molecular flexibility index (Phi) is 4.56. The maximum atomic E-state index is 12.0. The third-order valence-electron chi connectivity index (χ3n) is 2.99. The van der Waals surface area contributed by atoms with E-state index < -0.39 is 0 Å². The van der Waals surface area contributed by atoms with E-state index in [9.17, 15) is 4.79 Å². The van der Waals surface area contributed by atoms with Gasteiger partial charge in [0.1, 0.15) is 5.52 Å². The van der Waals surface area contributed by atoms with Crippen LogP contribution in [0.1, 0.15) is 42.9 Å². The van der Waals surface area contributed by atoms with Gasteiger partial charge in [0.15, 0.2) is 11.5 Å². The van der Waals surface area contributed by atoms with Gasteiger partial charge in [-0.3, -0.25) is 4.79 Å². The minimum absolute atomic E-state index is 0.118. The summed E-state index contributed by atoms with van der Waals surface area (Å²) in [5.41, 5.74) is 2.98. The lowest BCUT2D eigenvalue weighted by Crippen LogP contribution is -2.24. The van der Waals surface area contributed by atoms with E-state index in [0.717, 1.165) is 41.8 Å². The molecule has 0 unspecified atom stereocenters. The molecule has 4 nitrogen and oxygen atoms in total. The van der Waals surface area contributed by atoms with Crippen LogP contribution >= 0.6 is 0 Å². The summed E-state index contributed by atoms with van der Waals surface area (Å²) in [4.78, 5) is 16.4. The number of fused-ring (bicyclic) bond motifs is 1. The fourth-order valence-electron chi connectivity index (χ4n) is 1.88. The molecule has 106 valence electrons. The van der Waals surface area contributed by atoms with Gasteiger partial charge in [0.25, 0.3) is 5.91 Å². The van der Waals surface area contributed by atoms with Gasteiger partial charge in [0.2, 0.25) is 0 Å². The first-order valence-electron chi connectivity index (χ1n) is 6.92. The lowest BCUT2D eigenvalue weighted by molar-refractivity contribution is 0.0957. The zero-order valence-corrected chi connectivity index (χ0v) is 12.0. The zero-order chi connectivity index (χ0) is 14.5. The molecule has 4 heteroatoms. The second-order valence-electron chi connectivity index (χ2n) is 5.03. The van der Waals surface area contributed by atoms with Gasteiger partial charge < -0.3 is 9.73 Å². The van der Waals surface area contributed by atoms with Crippen LogP contribution in [0.25, 0.3) is 11.1 Å². The molecule has 0 spiro atoms. The Hall–Kier alpha value is -2.10. The number of amides is 1. The lowest BCUT2D eigenvalue weighted by Gasteiger charge is -2.03. The fraction of sp³-hybridized carbons (Fsp3) is 0.375. The average Bonchev–Trinajstić information content (AvgIpc) is 2.84. The number of hydrogen-bond donors (Lipinski definition) is 1. The van der Waals surface area contributed by atoms with E-state index in [1.165, 1.54) is 0 Å². The Morgan fingerprint density at radius 3 is 2.95 bits per heavy atom. The maximum absolute atomic E-state index is 12.0. The van der Waals surface area contributed by atoms with Gasteiger partial charge in [-0.05, 0) is 31.5 Å². The number of oxazole rings is 1. The summed E-state index contributed by atoms with van der Waals surface area (Å²) in [6, 6.07) is 5.32. The number of carbonyl (C=O) groups is 1. The van der Waals surface area contributed by atoms with Gasteiger partial charge in [0.05, 0.1) is 0 Å². The molecular formula is C16H20N2O2. The molecule has 0 saturated heterocycles. The van der Waals surface area contributed by atoms with Crippen LogP contribution < -0.4 is 5.32 Å². The van der Waals surface area contributed by atoms with Crippen LogP contribution in [-0.2, 0) is 6.42 Å². The number of hydrogen-bond acceptors (Lipinski definition) is 3. The minimum atomic E-state index is -0.118. The first-order valence-corrected chi connectivity index (χ1v) is 6.92. The summed E-state index contributed by atoms with van der Waals surface area (Å²) in [6.07, 6.45) is 2.99. The number of aromatic nitrogens is 1. The minimum Gasteiger partial charge on any atom is -0.441 e. The largest absolute Gasteiger partial charge is 0.441 e. The number of rotatable bonds is 6. The lowest BCUT2D eigenvalue weighted by atomic mass is 10.2. The second kappa shape index (κ2) is 6.37. The van der Waals surface area contributed by atoms with E-state index in [1.54, 1.807) is 18.2 Å². The highest BCUT2D eigenvalue weighted by molar-refractivity contribution is 5.97. The highest BCUT2D eigenvalue weighted by Gasteiger charge is 2.10. The Morgan fingerprint density at radius 1 is 1.45 bits per heavy atom. The molecule has 0 saturated carbocycles. The molecule has 0 aliphatic heterocycles. The molecule has 2 aromatic rings. The summed E-state index contributed by atoms with van der Waals surface area (Å²) in [6.45, 7) is 8.25. The van der Waals surface area contributed by atoms with Gasteiger partial charge in [0, 0.05) is 18.5 Å². The van der Waals surface area contributed by atoms with Crippen molar-refractivity contribution >= 4 is 17.0 Å². The van der Waals surface area contributed by atoms with E-state index in [0.29, 0.717) is 12.1 Å². The maximum Gasteiger partial charge on any atom is 0.251 e. The SMILES string of the molecule is C=C(C)CNC(=O)c1ccc2oc(CCCC)nc2c1. The monoisotopic (exact) mass is 272 g/mol. The van der Waals surface area contributed by atoms with E-state index >= 15 is 0 Å². The van der Waals surface area contributed by atoms with E-state index in [-0.39, 0.29) is 5.91 Å². The molecule has 0 bridgehead atoms. The predicted molar refractivity (Wildman–Crippen MR) is 79.8 cm³/mol. The molecule has 1 aromatic heterocycles. The van der Waals surface area contributed by atoms with Crippen LogP contribution in [0.5, 0.6) is 0 Å². The third-order valence-corrected chi connectivity index (χ3v) is 2.99. The number of nitrogens with one attached hydrogen (secondary N) is 1. The smallest absolute Gasteiger partial charge is 0.251 e. The molecule has 0 fully saturated rings. The number of aryl methyl sites for hydroxylation is 1. The molecule has 20 heavy (non-hydrogen) atoms. The molecule has 0 atom stereocenters. The molecular weight excluding hydrogens is 252 g/mol. The van der Waals surface area contributed by atoms with Gasteiger partial charge >= 0.3 is 0 Å². The topological polar surface area (TPSA) is 55.1 Å². The van der Waals surface area contributed by atoms with Crippen molar-refractivity contribution in [3.8, 4) is 0 Å². The van der Waals surface area contributed by atoms with Crippen molar-refractivity contribution in [2.75, 3.05) is 6.54 Å². The van der Waals surface area contributed by atoms with Gasteiger partial charge in [-0.2, -0.15) is 0 Å². The molecule has 1 aromatic carbocycles. The van der Waals surface area contributed by atoms with E-state index in [4.69, 9.17) is 4.42 Å². The molecule has 2 rings (SSSR count). The third kappa shape index (κ3) is 3.47. The van der Waals surface area contributed by atoms with Gasteiger partial charge in [-0.25, -0.2) is 4.98 Å². The van der Waals surface area contributed by atoms with Gasteiger partial charge in [-0.1, -0.05) is 25.5 Å². The van der Waals surface area contributed by atoms with Crippen LogP contribution in [0, 0.1) is 0 Å². The predicted octanol–water partition coefficient (Wildman–Crippen LogP) is 3.48. The Balaban J connectivity index is 2.15. The van der Waals surface area contributed by atoms with Gasteiger partial charge in [-0.15, -0.1) is 0 Å². The standard InChI is InChI=1S/C16H20N2O2/c1-4-5-6-15-18-13-9-12(7-8-14(13)20-15)16(19)17-10-11(2)3/h7-9H,2,4-6,10H2,1,3H3,(H,17,19). The van der Waals surface area contributed by atoms with Crippen molar-refractivity contribution in [1.82, 2.24) is 10.3 Å². The molecule has 1 N–H and O–H groups in total. The van der Waals surface area contributed by atoms with E-state index in [2.05, 4.69) is 23.8 Å². The summed E-state index contributed by atoms with van der Waals surface area (Å²) in [5.74, 6) is 0.620. The summed E-state index contributed by atoms with van der Waals surface area (Å²) in [7, 11) is 0. The molecule has 0 aliphatic rings. The molecule has 1 amide bonds. The van der Waals surface area contributed by atoms with Crippen LogP contribution in [-0.4, -0.2) is 17.4 Å². The second-order valence-corrected chi connectivity index (χ2v) is 5.03. The summed E-state index contributed by atoms with van der Waals surface area (Å²) in [5, 5.41) is 2.81. The van der Waals surface area contributed by atoms with Crippen molar-refractivity contribution in [2.24, 2.45) is 0 Å². The van der Waals surface area contributed by atoms with Crippen LogP contribution in [0.2, 0.25) is 0 Å². The zero-order valence-electron chi connectivity index (χ0n) is 12.0. The first-order chi connectivity index (χ1) is 9.60. The van der Waals surface area contributed by atoms with Crippen molar-refractivity contribution in [2.45, 2.75) is 33.1 Å². The quantitative estimate of drug-likeness (QED) is 0.819. The Morgan fingerprint density at radius 2 is 2.25 bits per heavy atom. The molecule has 0 radical (unpaired) electrons. The highest BCUT2D eigenvalue weighted by atomic mass is 16.3. The van der Waals surface area contributed by atoms with Crippen molar-refractivity contribution in [3.63, 3.8) is 0 Å². The highest BCUT2D eigenvalue weighted by Crippen LogP contribution is 2.18. The molecule has 1 heterocycles. The Bertz CT molecular complexity index is 628. The summed E-state index contributed by atoms with van der Waals surface area (Å²) >= 11 is 0. The average molecular weight is 272 g/mol. The first kappa shape index (κ1) is 14.3. The summed E-state index contributed by atoms with van der Waals surface area (Å²) < 4.78 is 5.65. The van der Waals surface area contributed by atoms with Crippen molar-refractivity contribution in [3.05, 3.63) is 41.8 Å². The van der Waals surface area contributed by atoms with Crippen LogP contribution in [0.3, 0.4) is 0 Å². The van der Waals surface area contributed by atoms with Crippen molar-refractivity contribution < 1.29 is 9.21 Å². The molecule has 0 aliphatic carbocycles.